The number of sulfone groups is 1. The van der Waals surface area contributed by atoms with Crippen molar-refractivity contribution in [3.8, 4) is 22.5 Å². The van der Waals surface area contributed by atoms with E-state index in [0.29, 0.717) is 41.1 Å². The predicted octanol–water partition coefficient (Wildman–Crippen LogP) is 2.51. The number of nitrogens with two attached hydrogens (primary N) is 1. The quantitative estimate of drug-likeness (QED) is 0.319. The summed E-state index contributed by atoms with van der Waals surface area (Å²) in [5.41, 5.74) is 9.53. The van der Waals surface area contributed by atoms with Crippen molar-refractivity contribution in [1.29, 1.82) is 0 Å². The normalized spacial score (nSPS) is 20.5. The first kappa shape index (κ1) is 25.3. The molecular formula is C27H26N10O3S. The van der Waals surface area contributed by atoms with Crippen molar-refractivity contribution in [3.05, 3.63) is 66.8 Å². The molecule has 4 aromatic heterocycles. The largest absolute Gasteiger partial charge is 0.382 e. The van der Waals surface area contributed by atoms with Gasteiger partial charge in [-0.15, -0.1) is 10.2 Å². The number of nitrogens with one attached hydrogen (secondary N) is 1. The Kier molecular flexibility index (Phi) is 5.81. The van der Waals surface area contributed by atoms with Gasteiger partial charge in [0.25, 0.3) is 5.91 Å². The number of aromatic amines is 1. The van der Waals surface area contributed by atoms with Gasteiger partial charge in [-0.2, -0.15) is 9.61 Å². The third-order valence-corrected chi connectivity index (χ3v) is 9.16. The number of amides is 1. The number of benzene rings is 1. The highest BCUT2D eigenvalue weighted by molar-refractivity contribution is 7.91. The minimum Gasteiger partial charge on any atom is -0.382 e. The number of piperidine rings is 1. The molecule has 0 unspecified atom stereocenters. The van der Waals surface area contributed by atoms with Gasteiger partial charge in [0.1, 0.15) is 17.0 Å². The van der Waals surface area contributed by atoms with E-state index < -0.39 is 9.84 Å². The van der Waals surface area contributed by atoms with Crippen molar-refractivity contribution in [2.24, 2.45) is 0 Å². The number of anilines is 1. The number of nitrogens with zero attached hydrogens (tertiary/aromatic N) is 8. The Morgan fingerprint density at radius 2 is 1.73 bits per heavy atom. The number of fused-ring (bicyclic) bond motifs is 3. The molecule has 2 fully saturated rings. The Bertz CT molecular complexity index is 1860. The lowest BCUT2D eigenvalue weighted by Crippen LogP contribution is -2.46. The smallest absolute Gasteiger partial charge is 0.292 e. The van der Waals surface area contributed by atoms with E-state index in [0.717, 1.165) is 24.7 Å². The molecule has 0 saturated carbocycles. The Hall–Kier alpha value is -4.72. The zero-order valence-electron chi connectivity index (χ0n) is 22.0. The number of H-pyrrole nitrogens is 1. The molecule has 3 atom stereocenters. The molecule has 5 aromatic rings. The Morgan fingerprint density at radius 1 is 1.02 bits per heavy atom. The molecular weight excluding hydrogens is 544 g/mol. The Balaban J connectivity index is 1.29. The van der Waals surface area contributed by atoms with Crippen LogP contribution in [-0.2, 0) is 9.84 Å². The third kappa shape index (κ3) is 4.22. The summed E-state index contributed by atoms with van der Waals surface area (Å²) in [6.07, 6.45) is 10.2. The molecule has 2 bridgehead atoms. The van der Waals surface area contributed by atoms with Crippen molar-refractivity contribution >= 4 is 27.2 Å². The molecule has 14 heteroatoms. The van der Waals surface area contributed by atoms with E-state index in [1.165, 1.54) is 10.8 Å². The van der Waals surface area contributed by atoms with Crippen LogP contribution in [0.2, 0.25) is 0 Å². The van der Waals surface area contributed by atoms with Crippen LogP contribution in [0.15, 0.2) is 60.1 Å². The number of hydrogen-bond donors (Lipinski definition) is 2. The van der Waals surface area contributed by atoms with E-state index in [9.17, 15) is 13.2 Å². The Labute approximate surface area is 234 Å². The summed E-state index contributed by atoms with van der Waals surface area (Å²) in [7, 11) is -3.75. The molecule has 208 valence electrons. The molecule has 2 aliphatic heterocycles. The van der Waals surface area contributed by atoms with E-state index in [-0.39, 0.29) is 40.4 Å². The fraction of sp³-hybridized carbons (Fsp3) is 0.296. The first-order valence-electron chi connectivity index (χ1n) is 13.2. The molecule has 2 aliphatic rings. The second-order valence-corrected chi connectivity index (χ2v) is 12.5. The van der Waals surface area contributed by atoms with Gasteiger partial charge < -0.3 is 15.6 Å². The summed E-state index contributed by atoms with van der Waals surface area (Å²) >= 11 is 0. The average Bonchev–Trinajstić information content (AvgIpc) is 3.71. The summed E-state index contributed by atoms with van der Waals surface area (Å²) in [5.74, 6) is 0.374. The fourth-order valence-corrected chi connectivity index (χ4v) is 7.30. The van der Waals surface area contributed by atoms with E-state index in [2.05, 4.69) is 30.2 Å². The number of carbonyl (C=O) groups is 1. The molecule has 6 heterocycles. The summed E-state index contributed by atoms with van der Waals surface area (Å²) in [5, 5.41) is 12.0. The van der Waals surface area contributed by atoms with Crippen LogP contribution in [0.4, 0.5) is 5.82 Å². The maximum atomic E-state index is 13.1. The molecule has 1 amide bonds. The van der Waals surface area contributed by atoms with Crippen LogP contribution >= 0.6 is 0 Å². The molecule has 13 nitrogen and oxygen atoms in total. The topological polar surface area (TPSA) is 178 Å². The Morgan fingerprint density at radius 3 is 2.37 bits per heavy atom. The second kappa shape index (κ2) is 9.44. The number of aromatic nitrogens is 8. The summed E-state index contributed by atoms with van der Waals surface area (Å²) in [6.45, 7) is 0. The van der Waals surface area contributed by atoms with Gasteiger partial charge >= 0.3 is 0 Å². The average molecular weight is 571 g/mol. The van der Waals surface area contributed by atoms with E-state index in [1.807, 2.05) is 35.2 Å². The highest BCUT2D eigenvalue weighted by atomic mass is 32.2. The summed E-state index contributed by atoms with van der Waals surface area (Å²) in [6, 6.07) is 9.49. The van der Waals surface area contributed by atoms with E-state index >= 15 is 0 Å². The lowest BCUT2D eigenvalue weighted by molar-refractivity contribution is 0.0556. The van der Waals surface area contributed by atoms with Crippen molar-refractivity contribution in [1.82, 2.24) is 44.6 Å². The number of carbonyl (C=O) groups excluding carboxylic acids is 1. The van der Waals surface area contributed by atoms with Crippen LogP contribution in [0.5, 0.6) is 0 Å². The van der Waals surface area contributed by atoms with Gasteiger partial charge in [0.05, 0.1) is 11.9 Å². The standard InChI is InChI=1S/C27H26N10O3S/c1-41(39,40)22-21(16-9-18-7-8-19(10-16)36(18)27(38)25-31-14-32-35-25)34-26-20(13-33-37(26)23(22)28)17-11-29-24(30-12-17)15-5-3-2-4-6-15/h2-6,11-14,16,18-19H,7-10,28H2,1H3,(H,31,32,35)/t16-,18-,19+. The SMILES string of the molecule is CS(=O)(=O)c1c([C@@H]2C[C@H]3CC[C@@H](C2)N3C(=O)c2nnc[nH]2)nc2c(-c3cnc(-c4ccccc4)nc3)cnn2c1N. The van der Waals surface area contributed by atoms with Crippen molar-refractivity contribution < 1.29 is 13.2 Å². The van der Waals surface area contributed by atoms with Crippen LogP contribution < -0.4 is 5.73 Å². The van der Waals surface area contributed by atoms with Gasteiger partial charge in [-0.1, -0.05) is 30.3 Å². The molecule has 0 spiro atoms. The minimum absolute atomic E-state index is 0.00749. The van der Waals surface area contributed by atoms with Crippen LogP contribution in [-0.4, -0.2) is 77.3 Å². The number of hydrogen-bond acceptors (Lipinski definition) is 10. The monoisotopic (exact) mass is 570 g/mol. The van der Waals surface area contributed by atoms with E-state index in [4.69, 9.17) is 10.7 Å². The van der Waals surface area contributed by atoms with Gasteiger partial charge in [0, 0.05) is 53.3 Å². The second-order valence-electron chi connectivity index (χ2n) is 10.5. The van der Waals surface area contributed by atoms with Crippen LogP contribution in [0, 0.1) is 0 Å². The van der Waals surface area contributed by atoms with Gasteiger partial charge in [0.2, 0.25) is 5.82 Å². The van der Waals surface area contributed by atoms with Gasteiger partial charge in [-0.05, 0) is 25.7 Å². The maximum Gasteiger partial charge on any atom is 0.292 e. The van der Waals surface area contributed by atoms with Crippen molar-refractivity contribution in [3.63, 3.8) is 0 Å². The molecule has 0 radical (unpaired) electrons. The van der Waals surface area contributed by atoms with E-state index in [1.54, 1.807) is 18.6 Å². The molecule has 1 aromatic carbocycles. The maximum absolute atomic E-state index is 13.1. The lowest BCUT2D eigenvalue weighted by Gasteiger charge is -2.38. The first-order chi connectivity index (χ1) is 19.8. The van der Waals surface area contributed by atoms with Gasteiger partial charge in [-0.3, -0.25) is 4.79 Å². The minimum atomic E-state index is -3.75. The zero-order chi connectivity index (χ0) is 28.3. The van der Waals surface area contributed by atoms with Gasteiger partial charge in [0.15, 0.2) is 21.3 Å². The fourth-order valence-electron chi connectivity index (χ4n) is 6.25. The van der Waals surface area contributed by atoms with Crippen molar-refractivity contribution in [2.75, 3.05) is 12.0 Å². The van der Waals surface area contributed by atoms with Gasteiger partial charge in [-0.25, -0.2) is 23.4 Å². The summed E-state index contributed by atoms with van der Waals surface area (Å²) < 4.78 is 27.5. The van der Waals surface area contributed by atoms with Crippen LogP contribution in [0.25, 0.3) is 28.2 Å². The molecule has 3 N–H and O–H groups in total. The van der Waals surface area contributed by atoms with Crippen LogP contribution in [0.3, 0.4) is 0 Å². The molecule has 2 saturated heterocycles. The molecule has 41 heavy (non-hydrogen) atoms. The zero-order valence-corrected chi connectivity index (χ0v) is 22.9. The first-order valence-corrected chi connectivity index (χ1v) is 15.1. The summed E-state index contributed by atoms with van der Waals surface area (Å²) in [4.78, 5) is 31.7. The highest BCUT2D eigenvalue weighted by Gasteiger charge is 2.46. The predicted molar refractivity (Wildman–Crippen MR) is 148 cm³/mol. The third-order valence-electron chi connectivity index (χ3n) is 8.00. The molecule has 7 rings (SSSR count). The van der Waals surface area contributed by atoms with Crippen LogP contribution in [0.1, 0.15) is 47.9 Å². The lowest BCUT2D eigenvalue weighted by atomic mass is 9.87. The number of rotatable bonds is 5. The molecule has 0 aliphatic carbocycles. The number of nitrogen functional groups attached to an aromatic ring is 1. The van der Waals surface area contributed by atoms with Crippen molar-refractivity contribution in [2.45, 2.75) is 48.6 Å². The highest BCUT2D eigenvalue weighted by Crippen LogP contribution is 2.45.